The highest BCUT2D eigenvalue weighted by molar-refractivity contribution is 6.06. The Balaban J connectivity index is 1.66. The number of aromatic nitrogens is 1. The minimum absolute atomic E-state index is 0.127. The van der Waals surface area contributed by atoms with Crippen LogP contribution in [0, 0.1) is 0 Å². The number of nitrogens with one attached hydrogen (secondary N) is 1. The van der Waals surface area contributed by atoms with Gasteiger partial charge in [0.25, 0.3) is 5.91 Å². The fourth-order valence-electron chi connectivity index (χ4n) is 3.26. The SMILES string of the molecule is NCCNC(=O)c1cccc2nc(-c3ccc(-c4ccccc4)cc3)ccc12. The second-order valence-corrected chi connectivity index (χ2v) is 6.56. The predicted molar refractivity (Wildman–Crippen MR) is 114 cm³/mol. The number of carbonyl (C=O) groups excluding carboxylic acids is 1. The van der Waals surface area contributed by atoms with E-state index in [1.807, 2.05) is 48.5 Å². The first kappa shape index (κ1) is 17.9. The lowest BCUT2D eigenvalue weighted by Gasteiger charge is -2.09. The summed E-state index contributed by atoms with van der Waals surface area (Å²) in [5, 5.41) is 3.65. The van der Waals surface area contributed by atoms with Gasteiger partial charge in [0, 0.05) is 29.6 Å². The zero-order valence-corrected chi connectivity index (χ0v) is 15.4. The summed E-state index contributed by atoms with van der Waals surface area (Å²) in [4.78, 5) is 17.1. The maximum Gasteiger partial charge on any atom is 0.252 e. The molecule has 0 unspecified atom stereocenters. The lowest BCUT2D eigenvalue weighted by Crippen LogP contribution is -2.29. The molecule has 0 atom stereocenters. The quantitative estimate of drug-likeness (QED) is 0.554. The first-order valence-corrected chi connectivity index (χ1v) is 9.30. The number of rotatable bonds is 5. The minimum Gasteiger partial charge on any atom is -0.351 e. The van der Waals surface area contributed by atoms with E-state index in [2.05, 4.69) is 41.7 Å². The highest BCUT2D eigenvalue weighted by Gasteiger charge is 2.11. The van der Waals surface area contributed by atoms with E-state index in [1.165, 1.54) is 11.1 Å². The Morgan fingerprint density at radius 3 is 2.25 bits per heavy atom. The van der Waals surface area contributed by atoms with Crippen molar-refractivity contribution in [2.75, 3.05) is 13.1 Å². The number of fused-ring (bicyclic) bond motifs is 1. The van der Waals surface area contributed by atoms with E-state index in [4.69, 9.17) is 10.7 Å². The molecule has 28 heavy (non-hydrogen) atoms. The molecular weight excluding hydrogens is 346 g/mol. The lowest BCUT2D eigenvalue weighted by molar-refractivity contribution is 0.0956. The van der Waals surface area contributed by atoms with Crippen molar-refractivity contribution in [2.45, 2.75) is 0 Å². The van der Waals surface area contributed by atoms with Gasteiger partial charge in [-0.15, -0.1) is 0 Å². The third-order valence-corrected chi connectivity index (χ3v) is 4.69. The van der Waals surface area contributed by atoms with E-state index in [0.29, 0.717) is 18.7 Å². The number of benzene rings is 3. The number of carbonyl (C=O) groups is 1. The van der Waals surface area contributed by atoms with Crippen molar-refractivity contribution in [2.24, 2.45) is 5.73 Å². The maximum atomic E-state index is 12.4. The topological polar surface area (TPSA) is 68.0 Å². The van der Waals surface area contributed by atoms with Crippen LogP contribution < -0.4 is 11.1 Å². The van der Waals surface area contributed by atoms with Gasteiger partial charge in [-0.25, -0.2) is 4.98 Å². The smallest absolute Gasteiger partial charge is 0.252 e. The first-order chi connectivity index (χ1) is 13.8. The third kappa shape index (κ3) is 3.63. The van der Waals surface area contributed by atoms with Crippen molar-refractivity contribution >= 4 is 16.8 Å². The minimum atomic E-state index is -0.127. The number of amides is 1. The predicted octanol–water partition coefficient (Wildman–Crippen LogP) is 4.26. The van der Waals surface area contributed by atoms with E-state index >= 15 is 0 Å². The van der Waals surface area contributed by atoms with Crippen LogP contribution >= 0.6 is 0 Å². The fourth-order valence-corrected chi connectivity index (χ4v) is 3.26. The summed E-state index contributed by atoms with van der Waals surface area (Å²) >= 11 is 0. The van der Waals surface area contributed by atoms with Gasteiger partial charge in [0.1, 0.15) is 0 Å². The average molecular weight is 367 g/mol. The molecule has 0 aliphatic heterocycles. The Morgan fingerprint density at radius 2 is 1.50 bits per heavy atom. The van der Waals surface area contributed by atoms with Gasteiger partial charge < -0.3 is 11.1 Å². The first-order valence-electron chi connectivity index (χ1n) is 9.30. The summed E-state index contributed by atoms with van der Waals surface area (Å²) < 4.78 is 0. The van der Waals surface area contributed by atoms with Crippen LogP contribution in [0.5, 0.6) is 0 Å². The van der Waals surface area contributed by atoms with Crippen LogP contribution in [-0.2, 0) is 0 Å². The zero-order chi connectivity index (χ0) is 19.3. The number of hydrogen-bond donors (Lipinski definition) is 2. The summed E-state index contributed by atoms with van der Waals surface area (Å²) in [5.74, 6) is -0.127. The van der Waals surface area contributed by atoms with E-state index < -0.39 is 0 Å². The molecular formula is C24H21N3O. The number of nitrogens with two attached hydrogens (primary N) is 1. The molecule has 138 valence electrons. The molecule has 3 aromatic carbocycles. The molecule has 4 rings (SSSR count). The Morgan fingerprint density at radius 1 is 0.786 bits per heavy atom. The highest BCUT2D eigenvalue weighted by Crippen LogP contribution is 2.26. The summed E-state index contributed by atoms with van der Waals surface area (Å²) in [6.45, 7) is 0.867. The van der Waals surface area contributed by atoms with Crippen LogP contribution in [0.4, 0.5) is 0 Å². The largest absolute Gasteiger partial charge is 0.351 e. The van der Waals surface area contributed by atoms with Gasteiger partial charge in [-0.1, -0.05) is 60.7 Å². The van der Waals surface area contributed by atoms with E-state index in [9.17, 15) is 4.79 Å². The molecule has 0 bridgehead atoms. The van der Waals surface area contributed by atoms with Gasteiger partial charge in [0.05, 0.1) is 11.2 Å². The maximum absolute atomic E-state index is 12.4. The van der Waals surface area contributed by atoms with Crippen molar-refractivity contribution in [1.29, 1.82) is 0 Å². The van der Waals surface area contributed by atoms with Crippen molar-refractivity contribution in [1.82, 2.24) is 10.3 Å². The van der Waals surface area contributed by atoms with Crippen LogP contribution in [0.3, 0.4) is 0 Å². The molecule has 0 saturated carbocycles. The summed E-state index contributed by atoms with van der Waals surface area (Å²) in [7, 11) is 0. The number of pyridine rings is 1. The molecule has 1 aromatic heterocycles. The average Bonchev–Trinajstić information content (AvgIpc) is 2.77. The molecule has 0 fully saturated rings. The van der Waals surface area contributed by atoms with Gasteiger partial charge >= 0.3 is 0 Å². The molecule has 4 aromatic rings. The van der Waals surface area contributed by atoms with Crippen LogP contribution in [0.25, 0.3) is 33.3 Å². The van der Waals surface area contributed by atoms with Gasteiger partial charge in [0.15, 0.2) is 0 Å². The molecule has 1 amide bonds. The second-order valence-electron chi connectivity index (χ2n) is 6.56. The normalized spacial score (nSPS) is 10.8. The summed E-state index contributed by atoms with van der Waals surface area (Å²) in [6.07, 6.45) is 0. The van der Waals surface area contributed by atoms with Crippen molar-refractivity contribution < 1.29 is 4.79 Å². The van der Waals surface area contributed by atoms with Crippen molar-refractivity contribution in [3.8, 4) is 22.4 Å². The Labute approximate surface area is 164 Å². The second kappa shape index (κ2) is 8.03. The lowest BCUT2D eigenvalue weighted by atomic mass is 10.0. The zero-order valence-electron chi connectivity index (χ0n) is 15.4. The molecule has 4 nitrogen and oxygen atoms in total. The summed E-state index contributed by atoms with van der Waals surface area (Å²) in [6, 6.07) is 28.2. The summed E-state index contributed by atoms with van der Waals surface area (Å²) in [5.41, 5.74) is 11.2. The third-order valence-electron chi connectivity index (χ3n) is 4.69. The fraction of sp³-hybridized carbons (Fsp3) is 0.0833. The van der Waals surface area contributed by atoms with Crippen LogP contribution in [-0.4, -0.2) is 24.0 Å². The molecule has 0 aliphatic rings. The molecule has 0 radical (unpaired) electrons. The van der Waals surface area contributed by atoms with E-state index in [-0.39, 0.29) is 5.91 Å². The molecule has 3 N–H and O–H groups in total. The Kier molecular flexibility index (Phi) is 5.13. The van der Waals surface area contributed by atoms with Gasteiger partial charge in [0.2, 0.25) is 0 Å². The van der Waals surface area contributed by atoms with Crippen molar-refractivity contribution in [3.05, 3.63) is 90.5 Å². The Bertz CT molecular complexity index is 1110. The number of nitrogens with zero attached hydrogens (tertiary/aromatic N) is 1. The van der Waals surface area contributed by atoms with E-state index in [0.717, 1.165) is 22.2 Å². The van der Waals surface area contributed by atoms with Crippen LogP contribution in [0.15, 0.2) is 84.9 Å². The van der Waals surface area contributed by atoms with Gasteiger partial charge in [-0.2, -0.15) is 0 Å². The molecule has 0 spiro atoms. The molecule has 0 aliphatic carbocycles. The molecule has 0 saturated heterocycles. The standard InChI is InChI=1S/C24H21N3O/c25-15-16-26-24(28)21-7-4-8-23-20(21)13-14-22(27-23)19-11-9-18(10-12-19)17-5-2-1-3-6-17/h1-14H,15-16,25H2,(H,26,28). The Hall–Kier alpha value is -3.50. The highest BCUT2D eigenvalue weighted by atomic mass is 16.1. The van der Waals surface area contributed by atoms with Gasteiger partial charge in [-0.3, -0.25) is 4.79 Å². The van der Waals surface area contributed by atoms with Crippen LogP contribution in [0.1, 0.15) is 10.4 Å². The molecule has 1 heterocycles. The van der Waals surface area contributed by atoms with Gasteiger partial charge in [-0.05, 0) is 35.4 Å². The number of hydrogen-bond acceptors (Lipinski definition) is 3. The monoisotopic (exact) mass is 367 g/mol. The van der Waals surface area contributed by atoms with Crippen molar-refractivity contribution in [3.63, 3.8) is 0 Å². The van der Waals surface area contributed by atoms with Crippen LogP contribution in [0.2, 0.25) is 0 Å². The van der Waals surface area contributed by atoms with E-state index in [1.54, 1.807) is 0 Å². The molecule has 4 heteroatoms.